The standard InChI is InChI=1S/C13H20FN3O2/c1-9(2)17(7-4-8-18)13(19)10-5-3-6-11(14)12(10)16-15/h3,5-6,9,16,18H,4,7-8,15H2,1-2H3. The number of benzene rings is 1. The van der Waals surface area contributed by atoms with E-state index < -0.39 is 5.82 Å². The second-order valence-electron chi connectivity index (χ2n) is 4.48. The molecule has 106 valence electrons. The molecule has 0 atom stereocenters. The van der Waals surface area contributed by atoms with Gasteiger partial charge in [0.25, 0.3) is 5.91 Å². The molecule has 0 radical (unpaired) electrons. The van der Waals surface area contributed by atoms with Crippen LogP contribution in [0.1, 0.15) is 30.6 Å². The average Bonchev–Trinajstić information content (AvgIpc) is 2.38. The zero-order valence-electron chi connectivity index (χ0n) is 11.2. The van der Waals surface area contributed by atoms with Gasteiger partial charge in [-0.1, -0.05) is 6.07 Å². The molecule has 6 heteroatoms. The molecule has 19 heavy (non-hydrogen) atoms. The number of hydrogen-bond donors (Lipinski definition) is 3. The molecule has 1 aromatic carbocycles. The van der Waals surface area contributed by atoms with Gasteiger partial charge in [0, 0.05) is 19.2 Å². The highest BCUT2D eigenvalue weighted by molar-refractivity contribution is 5.99. The fourth-order valence-corrected chi connectivity index (χ4v) is 1.84. The molecule has 1 rings (SSSR count). The molecule has 0 saturated heterocycles. The van der Waals surface area contributed by atoms with Gasteiger partial charge in [-0.25, -0.2) is 4.39 Å². The summed E-state index contributed by atoms with van der Waals surface area (Å²) in [5.41, 5.74) is 2.40. The Morgan fingerprint density at radius 2 is 2.21 bits per heavy atom. The lowest BCUT2D eigenvalue weighted by atomic mass is 10.1. The van der Waals surface area contributed by atoms with E-state index in [2.05, 4.69) is 5.43 Å². The highest BCUT2D eigenvalue weighted by atomic mass is 19.1. The first kappa shape index (κ1) is 15.4. The van der Waals surface area contributed by atoms with Crippen molar-refractivity contribution in [2.24, 2.45) is 5.84 Å². The third-order valence-electron chi connectivity index (χ3n) is 2.83. The number of nitrogen functional groups attached to an aromatic ring is 1. The smallest absolute Gasteiger partial charge is 0.256 e. The maximum absolute atomic E-state index is 13.6. The van der Waals surface area contributed by atoms with E-state index in [4.69, 9.17) is 10.9 Å². The van der Waals surface area contributed by atoms with Gasteiger partial charge in [0.05, 0.1) is 11.3 Å². The van der Waals surface area contributed by atoms with Gasteiger partial charge in [0.2, 0.25) is 0 Å². The van der Waals surface area contributed by atoms with Crippen molar-refractivity contribution in [2.45, 2.75) is 26.3 Å². The summed E-state index contributed by atoms with van der Waals surface area (Å²) in [6.45, 7) is 4.14. The normalized spacial score (nSPS) is 10.6. The Balaban J connectivity index is 3.06. The van der Waals surface area contributed by atoms with E-state index >= 15 is 0 Å². The topological polar surface area (TPSA) is 78.6 Å². The molecule has 4 N–H and O–H groups in total. The number of rotatable bonds is 6. The number of hydrogen-bond acceptors (Lipinski definition) is 4. The predicted molar refractivity (Wildman–Crippen MR) is 72.1 cm³/mol. The highest BCUT2D eigenvalue weighted by Crippen LogP contribution is 2.21. The molecular weight excluding hydrogens is 249 g/mol. The molecule has 0 aliphatic rings. The summed E-state index contributed by atoms with van der Waals surface area (Å²) in [7, 11) is 0. The number of carbonyl (C=O) groups is 1. The number of aliphatic hydroxyl groups is 1. The highest BCUT2D eigenvalue weighted by Gasteiger charge is 2.22. The maximum atomic E-state index is 13.6. The number of para-hydroxylation sites is 1. The van der Waals surface area contributed by atoms with Crippen LogP contribution in [0.25, 0.3) is 0 Å². The summed E-state index contributed by atoms with van der Waals surface area (Å²) < 4.78 is 13.6. The van der Waals surface area contributed by atoms with E-state index in [1.807, 2.05) is 13.8 Å². The molecule has 0 aliphatic heterocycles. The van der Waals surface area contributed by atoms with Gasteiger partial charge in [0.15, 0.2) is 0 Å². The molecule has 0 heterocycles. The van der Waals surface area contributed by atoms with E-state index in [0.717, 1.165) is 0 Å². The first-order chi connectivity index (χ1) is 9.02. The summed E-state index contributed by atoms with van der Waals surface area (Å²) in [4.78, 5) is 14.0. The minimum atomic E-state index is -0.570. The molecule has 0 unspecified atom stereocenters. The van der Waals surface area contributed by atoms with Gasteiger partial charge in [0.1, 0.15) is 5.82 Å². The largest absolute Gasteiger partial charge is 0.396 e. The average molecular weight is 269 g/mol. The number of nitrogens with one attached hydrogen (secondary N) is 1. The first-order valence-corrected chi connectivity index (χ1v) is 6.19. The van der Waals surface area contributed by atoms with E-state index in [1.165, 1.54) is 18.2 Å². The van der Waals surface area contributed by atoms with E-state index in [9.17, 15) is 9.18 Å². The Morgan fingerprint density at radius 3 is 2.74 bits per heavy atom. The maximum Gasteiger partial charge on any atom is 0.256 e. The third-order valence-corrected chi connectivity index (χ3v) is 2.83. The van der Waals surface area contributed by atoms with Crippen molar-refractivity contribution in [2.75, 3.05) is 18.6 Å². The minimum absolute atomic E-state index is 0.00163. The van der Waals surface area contributed by atoms with Crippen LogP contribution in [0.5, 0.6) is 0 Å². The first-order valence-electron chi connectivity index (χ1n) is 6.19. The second kappa shape index (κ2) is 7.06. The van der Waals surface area contributed by atoms with E-state index in [1.54, 1.807) is 4.90 Å². The quantitative estimate of drug-likeness (QED) is 0.538. The number of nitrogens with two attached hydrogens (primary N) is 1. The van der Waals surface area contributed by atoms with Crippen LogP contribution in [0.2, 0.25) is 0 Å². The second-order valence-corrected chi connectivity index (χ2v) is 4.48. The van der Waals surface area contributed by atoms with Crippen LogP contribution in [0.3, 0.4) is 0 Å². The molecule has 1 aromatic rings. The molecule has 0 bridgehead atoms. The molecule has 1 amide bonds. The van der Waals surface area contributed by atoms with Crippen molar-refractivity contribution in [3.63, 3.8) is 0 Å². The molecule has 0 aromatic heterocycles. The fourth-order valence-electron chi connectivity index (χ4n) is 1.84. The van der Waals surface area contributed by atoms with Gasteiger partial charge in [-0.3, -0.25) is 10.6 Å². The number of hydrazine groups is 1. The lowest BCUT2D eigenvalue weighted by Gasteiger charge is -2.27. The summed E-state index contributed by atoms with van der Waals surface area (Å²) in [5.74, 6) is 4.39. The van der Waals surface area contributed by atoms with Crippen LogP contribution in [0.4, 0.5) is 10.1 Å². The Bertz CT molecular complexity index is 438. The van der Waals surface area contributed by atoms with Gasteiger partial charge in [-0.05, 0) is 32.4 Å². The Kier molecular flexibility index (Phi) is 5.72. The van der Waals surface area contributed by atoms with Crippen LogP contribution in [0.15, 0.2) is 18.2 Å². The SMILES string of the molecule is CC(C)N(CCCO)C(=O)c1cccc(F)c1NN. The fraction of sp³-hybridized carbons (Fsp3) is 0.462. The monoisotopic (exact) mass is 269 g/mol. The zero-order chi connectivity index (χ0) is 14.4. The van der Waals surface area contributed by atoms with Crippen molar-refractivity contribution in [1.29, 1.82) is 0 Å². The van der Waals surface area contributed by atoms with Crippen LogP contribution < -0.4 is 11.3 Å². The van der Waals surface area contributed by atoms with E-state index in [0.29, 0.717) is 13.0 Å². The molecule has 5 nitrogen and oxygen atoms in total. The number of carbonyl (C=O) groups excluding carboxylic acids is 1. The molecule has 0 saturated carbocycles. The zero-order valence-corrected chi connectivity index (χ0v) is 11.2. The van der Waals surface area contributed by atoms with Crippen LogP contribution in [0, 0.1) is 5.82 Å². The number of amides is 1. The Labute approximate surface area is 112 Å². The van der Waals surface area contributed by atoms with Gasteiger partial charge in [-0.2, -0.15) is 0 Å². The van der Waals surface area contributed by atoms with Crippen molar-refractivity contribution < 1.29 is 14.3 Å². The van der Waals surface area contributed by atoms with Crippen molar-refractivity contribution in [1.82, 2.24) is 4.90 Å². The van der Waals surface area contributed by atoms with Crippen LogP contribution >= 0.6 is 0 Å². The summed E-state index contributed by atoms with van der Waals surface area (Å²) in [5, 5.41) is 8.86. The lowest BCUT2D eigenvalue weighted by molar-refractivity contribution is 0.0693. The molecule has 0 fully saturated rings. The van der Waals surface area contributed by atoms with Crippen molar-refractivity contribution in [3.05, 3.63) is 29.6 Å². The third kappa shape index (κ3) is 3.65. The van der Waals surface area contributed by atoms with Crippen LogP contribution in [-0.4, -0.2) is 35.1 Å². The molecule has 0 spiro atoms. The Morgan fingerprint density at radius 1 is 1.53 bits per heavy atom. The number of halogens is 1. The number of nitrogens with zero attached hydrogens (tertiary/aromatic N) is 1. The van der Waals surface area contributed by atoms with Gasteiger partial charge in [-0.15, -0.1) is 0 Å². The van der Waals surface area contributed by atoms with Gasteiger partial charge >= 0.3 is 0 Å². The summed E-state index contributed by atoms with van der Waals surface area (Å²) >= 11 is 0. The number of aliphatic hydroxyl groups excluding tert-OH is 1. The molecular formula is C13H20FN3O2. The lowest BCUT2D eigenvalue weighted by Crippen LogP contribution is -2.38. The van der Waals surface area contributed by atoms with E-state index in [-0.39, 0.29) is 29.8 Å². The van der Waals surface area contributed by atoms with Gasteiger partial charge < -0.3 is 15.4 Å². The summed E-state index contributed by atoms with van der Waals surface area (Å²) in [6.07, 6.45) is 0.477. The van der Waals surface area contributed by atoms with Crippen molar-refractivity contribution >= 4 is 11.6 Å². The van der Waals surface area contributed by atoms with Crippen LogP contribution in [-0.2, 0) is 0 Å². The number of anilines is 1. The minimum Gasteiger partial charge on any atom is -0.396 e. The van der Waals surface area contributed by atoms with Crippen molar-refractivity contribution in [3.8, 4) is 0 Å². The Hall–Kier alpha value is -1.66. The molecule has 0 aliphatic carbocycles. The predicted octanol–water partition coefficient (Wildman–Crippen LogP) is 1.34. The summed E-state index contributed by atoms with van der Waals surface area (Å²) in [6, 6.07) is 4.18.